The maximum absolute atomic E-state index is 13.2. The van der Waals surface area contributed by atoms with E-state index < -0.39 is 52.1 Å². The summed E-state index contributed by atoms with van der Waals surface area (Å²) in [7, 11) is -3.61. The molecule has 1 aromatic carbocycles. The van der Waals surface area contributed by atoms with Gasteiger partial charge in [-0.25, -0.2) is 13.6 Å². The molecule has 8 nitrogen and oxygen atoms in total. The Balaban J connectivity index is 1.83. The fraction of sp³-hybridized carbons (Fsp3) is 0.583. The van der Waals surface area contributed by atoms with Crippen molar-refractivity contribution in [2.75, 3.05) is 6.54 Å². The van der Waals surface area contributed by atoms with Gasteiger partial charge in [0.1, 0.15) is 5.75 Å². The van der Waals surface area contributed by atoms with Crippen molar-refractivity contribution >= 4 is 27.5 Å². The Morgan fingerprint density at radius 2 is 1.90 bits per heavy atom. The summed E-state index contributed by atoms with van der Waals surface area (Å²) < 4.78 is 94.5. The molecule has 2 aromatic rings. The number of carbonyl (C=O) groups excluding carboxylic acids is 1. The Hall–Kier alpha value is -2.45. The molecule has 1 amide bonds. The first kappa shape index (κ1) is 31.1. The van der Waals surface area contributed by atoms with E-state index in [4.69, 9.17) is 16.7 Å². The summed E-state index contributed by atoms with van der Waals surface area (Å²) in [5.41, 5.74) is 0.111. The molecule has 1 atom stereocenters. The van der Waals surface area contributed by atoms with Crippen molar-refractivity contribution in [1.82, 2.24) is 15.1 Å². The van der Waals surface area contributed by atoms with Gasteiger partial charge in [-0.1, -0.05) is 24.6 Å². The van der Waals surface area contributed by atoms with E-state index in [1.54, 1.807) is 6.92 Å². The number of halogens is 6. The molecule has 1 aliphatic rings. The van der Waals surface area contributed by atoms with Crippen LogP contribution in [0.25, 0.3) is 11.3 Å². The zero-order chi connectivity index (χ0) is 29.1. The maximum atomic E-state index is 13.2. The molecule has 3 rings (SSSR count). The summed E-state index contributed by atoms with van der Waals surface area (Å²) in [5, 5.41) is 11.4. The Morgan fingerprint density at radius 3 is 2.44 bits per heavy atom. The lowest BCUT2D eigenvalue weighted by atomic mass is 9.89. The summed E-state index contributed by atoms with van der Waals surface area (Å²) in [5.74, 6) is -2.70. The number of carbonyl (C=O) groups is 1. The van der Waals surface area contributed by atoms with Gasteiger partial charge in [0.25, 0.3) is 5.91 Å². The lowest BCUT2D eigenvalue weighted by Gasteiger charge is -2.27. The molecule has 1 fully saturated rings. The number of alkyl halides is 5. The number of benzene rings is 1. The number of hydrogen-bond acceptors (Lipinski definition) is 5. The summed E-state index contributed by atoms with van der Waals surface area (Å²) in [6.07, 6.45) is -3.03. The number of ether oxygens (including phenoxy) is 1. The van der Waals surface area contributed by atoms with Crippen LogP contribution in [0.4, 0.5) is 22.0 Å². The smallest absolute Gasteiger partial charge is 0.391 e. The fourth-order valence-electron chi connectivity index (χ4n) is 4.61. The number of rotatable bonds is 10. The predicted molar refractivity (Wildman–Crippen MR) is 135 cm³/mol. The van der Waals surface area contributed by atoms with Gasteiger partial charge in [0, 0.05) is 18.7 Å². The van der Waals surface area contributed by atoms with Gasteiger partial charge in [-0.2, -0.15) is 27.1 Å². The number of nitrogens with zero attached hydrogens (tertiary/aromatic N) is 2. The number of aromatic nitrogens is 2. The Bertz CT molecular complexity index is 1280. The highest BCUT2D eigenvalue weighted by molar-refractivity contribution is 7.89. The zero-order valence-electron chi connectivity index (χ0n) is 21.3. The SMILES string of the molecule is CCn1nc(C(=O)NCC2CCC(S(N)(=O)=O)CC2)c(Cl)c1-c1ccc(C[C@H](C)C(F)(F)F)cc1OC(F)F. The lowest BCUT2D eigenvalue weighted by Crippen LogP contribution is -2.36. The number of nitrogens with two attached hydrogens (primary N) is 1. The van der Waals surface area contributed by atoms with Crippen molar-refractivity contribution in [1.29, 1.82) is 0 Å². The molecule has 0 saturated heterocycles. The minimum absolute atomic E-state index is 0.0242. The van der Waals surface area contributed by atoms with Crippen molar-refractivity contribution in [3.05, 3.63) is 34.5 Å². The average molecular weight is 601 g/mol. The highest BCUT2D eigenvalue weighted by atomic mass is 35.5. The van der Waals surface area contributed by atoms with Crippen LogP contribution in [0.15, 0.2) is 18.2 Å². The van der Waals surface area contributed by atoms with Crippen LogP contribution in [-0.2, 0) is 23.0 Å². The first-order valence-corrected chi connectivity index (χ1v) is 14.3. The van der Waals surface area contributed by atoms with Gasteiger partial charge >= 0.3 is 12.8 Å². The van der Waals surface area contributed by atoms with E-state index in [1.807, 2.05) is 0 Å². The number of sulfonamides is 1. The Kier molecular flexibility index (Phi) is 9.87. The van der Waals surface area contributed by atoms with Crippen molar-refractivity contribution < 1.29 is 39.9 Å². The van der Waals surface area contributed by atoms with Crippen LogP contribution < -0.4 is 15.2 Å². The third-order valence-corrected chi connectivity index (χ3v) is 8.60. The van der Waals surface area contributed by atoms with Gasteiger partial charge in [-0.3, -0.25) is 9.48 Å². The molecule has 1 aromatic heterocycles. The number of primary sulfonamides is 1. The minimum Gasteiger partial charge on any atom is -0.434 e. The van der Waals surface area contributed by atoms with Crippen molar-refractivity contribution in [2.45, 2.75) is 70.5 Å². The topological polar surface area (TPSA) is 116 Å². The number of aryl methyl sites for hydroxylation is 1. The van der Waals surface area contributed by atoms with Crippen molar-refractivity contribution in [3.8, 4) is 17.0 Å². The van der Waals surface area contributed by atoms with Crippen LogP contribution in [0.3, 0.4) is 0 Å². The van der Waals surface area contributed by atoms with Crippen LogP contribution in [0.2, 0.25) is 5.02 Å². The molecule has 1 saturated carbocycles. The quantitative estimate of drug-likeness (QED) is 0.366. The highest BCUT2D eigenvalue weighted by Gasteiger charge is 2.36. The van der Waals surface area contributed by atoms with E-state index in [1.165, 1.54) is 16.8 Å². The van der Waals surface area contributed by atoms with Gasteiger partial charge in [0.2, 0.25) is 10.0 Å². The normalized spacial score (nSPS) is 19.2. The number of nitrogens with one attached hydrogen (secondary N) is 1. The second-order valence-corrected chi connectivity index (χ2v) is 11.8. The summed E-state index contributed by atoms with van der Waals surface area (Å²) in [6, 6.07) is 3.78. The molecule has 0 bridgehead atoms. The second kappa shape index (κ2) is 12.4. The average Bonchev–Trinajstić information content (AvgIpc) is 3.17. The van der Waals surface area contributed by atoms with Crippen LogP contribution in [0, 0.1) is 11.8 Å². The van der Waals surface area contributed by atoms with Crippen molar-refractivity contribution in [3.63, 3.8) is 0 Å². The molecule has 0 radical (unpaired) electrons. The largest absolute Gasteiger partial charge is 0.434 e. The Labute approximate surface area is 228 Å². The third kappa shape index (κ3) is 7.82. The molecular weight excluding hydrogens is 571 g/mol. The number of amides is 1. The molecule has 39 heavy (non-hydrogen) atoms. The van der Waals surface area contributed by atoms with E-state index in [0.717, 1.165) is 13.0 Å². The van der Waals surface area contributed by atoms with Gasteiger partial charge in [-0.05, 0) is 62.6 Å². The predicted octanol–water partition coefficient (Wildman–Crippen LogP) is 5.14. The fourth-order valence-corrected chi connectivity index (χ4v) is 5.86. The Morgan fingerprint density at radius 1 is 1.26 bits per heavy atom. The van der Waals surface area contributed by atoms with E-state index in [0.29, 0.717) is 25.7 Å². The molecule has 15 heteroatoms. The van der Waals surface area contributed by atoms with Gasteiger partial charge in [-0.15, -0.1) is 0 Å². The van der Waals surface area contributed by atoms with Gasteiger partial charge in [0.05, 0.1) is 21.9 Å². The highest BCUT2D eigenvalue weighted by Crippen LogP contribution is 2.39. The van der Waals surface area contributed by atoms with Crippen LogP contribution in [-0.4, -0.2) is 48.7 Å². The van der Waals surface area contributed by atoms with E-state index >= 15 is 0 Å². The zero-order valence-corrected chi connectivity index (χ0v) is 22.8. The van der Waals surface area contributed by atoms with Crippen LogP contribution in [0.1, 0.15) is 55.6 Å². The molecule has 0 aliphatic heterocycles. The molecule has 1 aliphatic carbocycles. The molecule has 1 heterocycles. The number of hydrogen-bond donors (Lipinski definition) is 2. The van der Waals surface area contributed by atoms with Crippen molar-refractivity contribution in [2.24, 2.45) is 17.0 Å². The first-order valence-electron chi connectivity index (χ1n) is 12.3. The monoisotopic (exact) mass is 600 g/mol. The molecule has 0 spiro atoms. The van der Waals surface area contributed by atoms with E-state index in [9.17, 15) is 35.2 Å². The molecular formula is C24H30ClF5N4O4S. The third-order valence-electron chi connectivity index (χ3n) is 6.84. The molecule has 218 valence electrons. The molecule has 0 unspecified atom stereocenters. The van der Waals surface area contributed by atoms with Crippen LogP contribution >= 0.6 is 11.6 Å². The summed E-state index contributed by atoms with van der Waals surface area (Å²) in [6.45, 7) is -0.150. The standard InChI is InChI=1S/C24H30ClF5N4O4S/c1-3-34-21(17-9-6-15(10-13(2)24(28,29)30)11-18(17)38-23(26)27)19(25)20(33-34)22(35)32-12-14-4-7-16(8-5-14)39(31,36)37/h6,9,11,13-14,16,23H,3-5,7-8,10,12H2,1-2H3,(H,32,35)(H2,31,36,37)/t13-,14?,16?/m0/s1. The van der Waals surface area contributed by atoms with Crippen LogP contribution in [0.5, 0.6) is 5.75 Å². The summed E-state index contributed by atoms with van der Waals surface area (Å²) in [4.78, 5) is 12.9. The van der Waals surface area contributed by atoms with Gasteiger partial charge in [0.15, 0.2) is 5.69 Å². The first-order chi connectivity index (χ1) is 18.1. The summed E-state index contributed by atoms with van der Waals surface area (Å²) >= 11 is 6.50. The second-order valence-electron chi connectivity index (χ2n) is 9.62. The van der Waals surface area contributed by atoms with E-state index in [2.05, 4.69) is 15.2 Å². The lowest BCUT2D eigenvalue weighted by molar-refractivity contribution is -0.169. The maximum Gasteiger partial charge on any atom is 0.391 e. The van der Waals surface area contributed by atoms with E-state index in [-0.39, 0.29) is 46.5 Å². The minimum atomic E-state index is -4.46. The van der Waals surface area contributed by atoms with Gasteiger partial charge < -0.3 is 10.1 Å². The molecule has 3 N–H and O–H groups in total.